The average molecular weight is 319 g/mol. The molecule has 0 N–H and O–H groups in total. The number of hydrogen-bond acceptors (Lipinski definition) is 5. The lowest BCUT2D eigenvalue weighted by Gasteiger charge is -2.22. The molecule has 0 aromatic heterocycles. The molecule has 1 atom stereocenters. The molecule has 1 aliphatic heterocycles. The molecule has 22 heavy (non-hydrogen) atoms. The molecule has 6 heteroatoms. The van der Waals surface area contributed by atoms with E-state index in [1.807, 2.05) is 32.0 Å². The average Bonchev–Trinajstić information content (AvgIpc) is 2.83. The highest BCUT2D eigenvalue weighted by Crippen LogP contribution is 2.37. The Kier molecular flexibility index (Phi) is 3.80. The van der Waals surface area contributed by atoms with Crippen molar-refractivity contribution in [3.05, 3.63) is 54.1 Å². The zero-order chi connectivity index (χ0) is 15.7. The van der Waals surface area contributed by atoms with E-state index in [4.69, 9.17) is 8.92 Å². The standard InChI is InChI=1S/C16H17NO4S/c1-3-17-14-6-4-5-7-15(14)20-16(17)21-22(18,19)13-10-8-12(2)9-11-13/h4-11,16H,3H2,1-2H3. The molecule has 1 aliphatic rings. The Morgan fingerprint density at radius 1 is 1.14 bits per heavy atom. The first-order chi connectivity index (χ1) is 10.5. The summed E-state index contributed by atoms with van der Waals surface area (Å²) in [7, 11) is -3.89. The fourth-order valence-electron chi connectivity index (χ4n) is 2.34. The summed E-state index contributed by atoms with van der Waals surface area (Å²) < 4.78 is 35.7. The number of anilines is 1. The molecule has 116 valence electrons. The molecule has 0 spiro atoms. The van der Waals surface area contributed by atoms with E-state index in [9.17, 15) is 8.42 Å². The maximum atomic E-state index is 12.4. The molecular weight excluding hydrogens is 302 g/mol. The van der Waals surface area contributed by atoms with Crippen molar-refractivity contribution in [2.75, 3.05) is 11.4 Å². The molecule has 1 unspecified atom stereocenters. The van der Waals surface area contributed by atoms with Gasteiger partial charge < -0.3 is 9.64 Å². The van der Waals surface area contributed by atoms with Crippen molar-refractivity contribution >= 4 is 15.8 Å². The second kappa shape index (κ2) is 5.62. The van der Waals surface area contributed by atoms with Gasteiger partial charge in [-0.25, -0.2) is 4.18 Å². The number of benzene rings is 2. The summed E-state index contributed by atoms with van der Waals surface area (Å²) in [5.41, 5.74) is 1.81. The molecule has 0 saturated carbocycles. The molecule has 3 rings (SSSR count). The van der Waals surface area contributed by atoms with E-state index in [0.29, 0.717) is 12.3 Å². The van der Waals surface area contributed by atoms with Crippen LogP contribution in [-0.2, 0) is 14.3 Å². The van der Waals surface area contributed by atoms with Crippen molar-refractivity contribution in [3.8, 4) is 5.75 Å². The predicted molar refractivity (Wildman–Crippen MR) is 83.3 cm³/mol. The van der Waals surface area contributed by atoms with Crippen molar-refractivity contribution in [2.24, 2.45) is 0 Å². The minimum absolute atomic E-state index is 0.119. The van der Waals surface area contributed by atoms with E-state index in [1.165, 1.54) is 12.1 Å². The Hall–Kier alpha value is -2.05. The molecule has 2 aromatic rings. The highest BCUT2D eigenvalue weighted by molar-refractivity contribution is 7.86. The lowest BCUT2D eigenvalue weighted by Crippen LogP contribution is -2.38. The molecule has 0 bridgehead atoms. The smallest absolute Gasteiger partial charge is 0.301 e. The SMILES string of the molecule is CCN1c2ccccc2OC1OS(=O)(=O)c1ccc(C)cc1. The summed E-state index contributed by atoms with van der Waals surface area (Å²) in [6, 6.07) is 13.9. The van der Waals surface area contributed by atoms with Gasteiger partial charge in [-0.2, -0.15) is 8.42 Å². The fraction of sp³-hybridized carbons (Fsp3) is 0.250. The summed E-state index contributed by atoms with van der Waals surface area (Å²) in [6.07, 6.45) is -0.978. The number of nitrogens with zero attached hydrogens (tertiary/aromatic N) is 1. The topological polar surface area (TPSA) is 55.8 Å². The van der Waals surface area contributed by atoms with Crippen LogP contribution in [0.5, 0.6) is 5.75 Å². The molecule has 0 radical (unpaired) electrons. The molecule has 0 amide bonds. The molecule has 0 aliphatic carbocycles. The Morgan fingerprint density at radius 2 is 1.82 bits per heavy atom. The van der Waals surface area contributed by atoms with Crippen LogP contribution >= 0.6 is 0 Å². The van der Waals surface area contributed by atoms with Crippen LogP contribution < -0.4 is 9.64 Å². The summed E-state index contributed by atoms with van der Waals surface area (Å²) in [5.74, 6) is 0.619. The van der Waals surface area contributed by atoms with Gasteiger partial charge >= 0.3 is 10.1 Å². The van der Waals surface area contributed by atoms with Crippen LogP contribution in [0, 0.1) is 6.92 Å². The van der Waals surface area contributed by atoms with Gasteiger partial charge in [0.15, 0.2) is 0 Å². The van der Waals surface area contributed by atoms with Crippen LogP contribution in [0.15, 0.2) is 53.4 Å². The third-order valence-corrected chi connectivity index (χ3v) is 4.78. The normalized spacial score (nSPS) is 17.2. The second-order valence-electron chi connectivity index (χ2n) is 5.04. The lowest BCUT2D eigenvalue weighted by molar-refractivity contribution is 0.0269. The Labute approximate surface area is 130 Å². The summed E-state index contributed by atoms with van der Waals surface area (Å²) >= 11 is 0. The summed E-state index contributed by atoms with van der Waals surface area (Å²) in [4.78, 5) is 1.88. The lowest BCUT2D eigenvalue weighted by atomic mass is 10.2. The summed E-state index contributed by atoms with van der Waals surface area (Å²) in [5, 5.41) is 0. The van der Waals surface area contributed by atoms with Crippen molar-refractivity contribution in [1.29, 1.82) is 0 Å². The number of aryl methyl sites for hydroxylation is 1. The zero-order valence-corrected chi connectivity index (χ0v) is 13.2. The number of rotatable bonds is 4. The van der Waals surface area contributed by atoms with Gasteiger partial charge in [0.05, 0.1) is 10.6 Å². The third-order valence-electron chi connectivity index (χ3n) is 3.52. The van der Waals surface area contributed by atoms with Crippen molar-refractivity contribution in [3.63, 3.8) is 0 Å². The number of ether oxygens (including phenoxy) is 1. The van der Waals surface area contributed by atoms with Crippen molar-refractivity contribution in [1.82, 2.24) is 0 Å². The first kappa shape index (κ1) is 14.9. The third kappa shape index (κ3) is 2.67. The monoisotopic (exact) mass is 319 g/mol. The van der Waals surface area contributed by atoms with Gasteiger partial charge in [0.25, 0.3) is 6.41 Å². The van der Waals surface area contributed by atoms with Gasteiger partial charge in [0, 0.05) is 6.54 Å². The Bertz CT molecular complexity index is 771. The Balaban J connectivity index is 1.86. The maximum Gasteiger partial charge on any atom is 0.301 e. The molecule has 5 nitrogen and oxygen atoms in total. The molecule has 1 heterocycles. The van der Waals surface area contributed by atoms with Gasteiger partial charge in [0.1, 0.15) is 5.75 Å². The first-order valence-electron chi connectivity index (χ1n) is 7.03. The molecule has 2 aromatic carbocycles. The highest BCUT2D eigenvalue weighted by atomic mass is 32.2. The fourth-order valence-corrected chi connectivity index (χ4v) is 3.28. The van der Waals surface area contributed by atoms with Gasteiger partial charge in [-0.3, -0.25) is 0 Å². The zero-order valence-electron chi connectivity index (χ0n) is 12.4. The maximum absolute atomic E-state index is 12.4. The van der Waals surface area contributed by atoms with E-state index >= 15 is 0 Å². The van der Waals surface area contributed by atoms with Crippen LogP contribution in [0.3, 0.4) is 0 Å². The predicted octanol–water partition coefficient (Wildman–Crippen LogP) is 2.90. The van der Waals surface area contributed by atoms with Gasteiger partial charge in [0.2, 0.25) is 0 Å². The first-order valence-corrected chi connectivity index (χ1v) is 8.44. The van der Waals surface area contributed by atoms with E-state index in [1.54, 1.807) is 23.1 Å². The van der Waals surface area contributed by atoms with Crippen LogP contribution in [0.25, 0.3) is 0 Å². The molecule has 0 fully saturated rings. The van der Waals surface area contributed by atoms with Gasteiger partial charge in [-0.15, -0.1) is 0 Å². The van der Waals surface area contributed by atoms with E-state index in [2.05, 4.69) is 0 Å². The minimum Gasteiger partial charge on any atom is -0.443 e. The summed E-state index contributed by atoms with van der Waals surface area (Å²) in [6.45, 7) is 4.39. The quantitative estimate of drug-likeness (QED) is 0.811. The molecule has 0 saturated heterocycles. The van der Waals surface area contributed by atoms with Crippen LogP contribution in [0.2, 0.25) is 0 Å². The largest absolute Gasteiger partial charge is 0.443 e. The number of fused-ring (bicyclic) bond motifs is 1. The van der Waals surface area contributed by atoms with Gasteiger partial charge in [-0.05, 0) is 38.1 Å². The Morgan fingerprint density at radius 3 is 2.50 bits per heavy atom. The number of hydrogen-bond donors (Lipinski definition) is 0. The van der Waals surface area contributed by atoms with Crippen molar-refractivity contribution in [2.45, 2.75) is 25.2 Å². The van der Waals surface area contributed by atoms with Crippen LogP contribution in [0.1, 0.15) is 12.5 Å². The minimum atomic E-state index is -3.89. The van der Waals surface area contributed by atoms with Crippen LogP contribution in [-0.4, -0.2) is 21.4 Å². The number of para-hydroxylation sites is 2. The second-order valence-corrected chi connectivity index (χ2v) is 6.61. The van der Waals surface area contributed by atoms with E-state index < -0.39 is 16.5 Å². The van der Waals surface area contributed by atoms with Crippen LogP contribution in [0.4, 0.5) is 5.69 Å². The van der Waals surface area contributed by atoms with Crippen molar-refractivity contribution < 1.29 is 17.3 Å². The van der Waals surface area contributed by atoms with E-state index in [-0.39, 0.29) is 4.90 Å². The van der Waals surface area contributed by atoms with E-state index in [0.717, 1.165) is 11.3 Å². The highest BCUT2D eigenvalue weighted by Gasteiger charge is 2.34. The molecular formula is C16H17NO4S. The van der Waals surface area contributed by atoms with Gasteiger partial charge in [-0.1, -0.05) is 29.8 Å².